The van der Waals surface area contributed by atoms with Crippen molar-refractivity contribution in [2.75, 3.05) is 31.5 Å². The number of likely N-dealkylation sites (tertiary alicyclic amines) is 1. The first-order valence-electron chi connectivity index (χ1n) is 9.98. The Labute approximate surface area is 159 Å². The van der Waals surface area contributed by atoms with Crippen molar-refractivity contribution in [1.82, 2.24) is 10.2 Å². The Kier molecular flexibility index (Phi) is 4.76. The van der Waals surface area contributed by atoms with Crippen LogP contribution in [0.3, 0.4) is 0 Å². The van der Waals surface area contributed by atoms with Gasteiger partial charge in [0.05, 0.1) is 22.9 Å². The summed E-state index contributed by atoms with van der Waals surface area (Å²) < 4.78 is 0. The second kappa shape index (κ2) is 7.08. The molecule has 3 atom stereocenters. The number of para-hydroxylation sites is 1. The molecule has 2 aliphatic heterocycles. The molecule has 144 valence electrons. The fourth-order valence-electron chi connectivity index (χ4n) is 4.74. The molecule has 3 aliphatic rings. The van der Waals surface area contributed by atoms with Crippen LogP contribution in [0.1, 0.15) is 43.0 Å². The van der Waals surface area contributed by atoms with Crippen LogP contribution in [0.5, 0.6) is 0 Å². The Morgan fingerprint density at radius 3 is 2.74 bits per heavy atom. The van der Waals surface area contributed by atoms with Crippen molar-refractivity contribution < 1.29 is 14.4 Å². The van der Waals surface area contributed by atoms with Crippen LogP contribution in [0, 0.1) is 17.3 Å². The zero-order valence-corrected chi connectivity index (χ0v) is 15.8. The Bertz CT molecular complexity index is 772. The minimum atomic E-state index is -0.937. The number of piperidine rings is 1. The SMILES string of the molecule is C[C@]12C(=O)c3ccccc3NC(=O)C1[C@H]2C(=O)NCCCN1CCCCC1. The smallest absolute Gasteiger partial charge is 0.229 e. The third-order valence-corrected chi connectivity index (χ3v) is 6.40. The maximum atomic E-state index is 13.0. The number of hydrogen-bond donors (Lipinski definition) is 2. The van der Waals surface area contributed by atoms with Gasteiger partial charge in [-0.3, -0.25) is 14.4 Å². The first kappa shape index (κ1) is 18.2. The molecule has 0 radical (unpaired) electrons. The highest BCUT2D eigenvalue weighted by Crippen LogP contribution is 2.62. The first-order chi connectivity index (χ1) is 13.0. The van der Waals surface area contributed by atoms with E-state index < -0.39 is 17.3 Å². The highest BCUT2D eigenvalue weighted by Gasteiger charge is 2.73. The molecular weight excluding hydrogens is 342 g/mol. The lowest BCUT2D eigenvalue weighted by atomic mass is 9.92. The van der Waals surface area contributed by atoms with Gasteiger partial charge in [0, 0.05) is 12.1 Å². The number of nitrogens with zero attached hydrogens (tertiary/aromatic N) is 1. The van der Waals surface area contributed by atoms with E-state index in [2.05, 4.69) is 15.5 Å². The fraction of sp³-hybridized carbons (Fsp3) is 0.571. The molecule has 27 heavy (non-hydrogen) atoms. The number of carbonyl (C=O) groups excluding carboxylic acids is 3. The molecule has 4 rings (SSSR count). The average molecular weight is 369 g/mol. The summed E-state index contributed by atoms with van der Waals surface area (Å²) in [6.45, 7) is 5.61. The molecule has 6 heteroatoms. The van der Waals surface area contributed by atoms with Gasteiger partial charge in [0.2, 0.25) is 11.8 Å². The minimum absolute atomic E-state index is 0.116. The van der Waals surface area contributed by atoms with Gasteiger partial charge < -0.3 is 15.5 Å². The summed E-state index contributed by atoms with van der Waals surface area (Å²) in [7, 11) is 0. The maximum Gasteiger partial charge on any atom is 0.229 e. The molecule has 1 aliphatic carbocycles. The Morgan fingerprint density at radius 1 is 1.22 bits per heavy atom. The summed E-state index contributed by atoms with van der Waals surface area (Å²) in [6, 6.07) is 7.02. The van der Waals surface area contributed by atoms with Crippen molar-refractivity contribution in [3.63, 3.8) is 0 Å². The van der Waals surface area contributed by atoms with E-state index >= 15 is 0 Å². The van der Waals surface area contributed by atoms with Gasteiger partial charge >= 0.3 is 0 Å². The van der Waals surface area contributed by atoms with E-state index in [1.807, 2.05) is 0 Å². The molecular formula is C21H27N3O3. The molecule has 6 nitrogen and oxygen atoms in total. The van der Waals surface area contributed by atoms with Gasteiger partial charge in [-0.2, -0.15) is 0 Å². The van der Waals surface area contributed by atoms with Crippen LogP contribution in [0.4, 0.5) is 5.69 Å². The number of amides is 2. The second-order valence-electron chi connectivity index (χ2n) is 8.15. The number of rotatable bonds is 5. The molecule has 1 aromatic rings. The molecule has 2 N–H and O–H groups in total. The summed E-state index contributed by atoms with van der Waals surface area (Å²) in [4.78, 5) is 40.7. The minimum Gasteiger partial charge on any atom is -0.356 e. The highest BCUT2D eigenvalue weighted by atomic mass is 16.2. The molecule has 2 amide bonds. The number of Topliss-reactive ketones (excluding diaryl/α,β-unsaturated/α-hetero) is 1. The van der Waals surface area contributed by atoms with Crippen LogP contribution in [-0.4, -0.2) is 48.7 Å². The van der Waals surface area contributed by atoms with Crippen LogP contribution >= 0.6 is 0 Å². The molecule has 1 aromatic carbocycles. The van der Waals surface area contributed by atoms with Gasteiger partial charge in [-0.25, -0.2) is 0 Å². The van der Waals surface area contributed by atoms with E-state index in [-0.39, 0.29) is 17.6 Å². The lowest BCUT2D eigenvalue weighted by Crippen LogP contribution is -2.34. The first-order valence-corrected chi connectivity index (χ1v) is 9.98. The predicted molar refractivity (Wildman–Crippen MR) is 102 cm³/mol. The zero-order valence-electron chi connectivity index (χ0n) is 15.8. The van der Waals surface area contributed by atoms with Crippen LogP contribution < -0.4 is 10.6 Å². The monoisotopic (exact) mass is 369 g/mol. The third-order valence-electron chi connectivity index (χ3n) is 6.40. The number of anilines is 1. The Morgan fingerprint density at radius 2 is 1.96 bits per heavy atom. The summed E-state index contributed by atoms with van der Waals surface area (Å²) in [6.07, 6.45) is 4.72. The van der Waals surface area contributed by atoms with E-state index in [1.54, 1.807) is 31.2 Å². The van der Waals surface area contributed by atoms with Crippen molar-refractivity contribution >= 4 is 23.3 Å². The summed E-state index contributed by atoms with van der Waals surface area (Å²) in [5.41, 5.74) is 0.103. The zero-order chi connectivity index (χ0) is 19.0. The highest BCUT2D eigenvalue weighted by molar-refractivity contribution is 6.19. The van der Waals surface area contributed by atoms with Crippen LogP contribution in [0.2, 0.25) is 0 Å². The summed E-state index contributed by atoms with van der Waals surface area (Å²) in [5.74, 6) is -1.68. The van der Waals surface area contributed by atoms with Gasteiger partial charge in [0.25, 0.3) is 0 Å². The Hall–Kier alpha value is -2.21. The molecule has 0 bridgehead atoms. The van der Waals surface area contributed by atoms with Gasteiger partial charge in [-0.1, -0.05) is 25.5 Å². The molecule has 1 saturated carbocycles. The van der Waals surface area contributed by atoms with Crippen molar-refractivity contribution in [3.8, 4) is 0 Å². The van der Waals surface area contributed by atoms with Gasteiger partial charge in [0.1, 0.15) is 0 Å². The van der Waals surface area contributed by atoms with E-state index in [4.69, 9.17) is 0 Å². The molecule has 2 heterocycles. The number of ketones is 1. The van der Waals surface area contributed by atoms with E-state index in [1.165, 1.54) is 19.3 Å². The lowest BCUT2D eigenvalue weighted by Gasteiger charge is -2.26. The van der Waals surface area contributed by atoms with Gasteiger partial charge in [-0.15, -0.1) is 0 Å². The normalized spacial score (nSPS) is 30.0. The number of hydrogen-bond acceptors (Lipinski definition) is 4. The fourth-order valence-corrected chi connectivity index (χ4v) is 4.74. The van der Waals surface area contributed by atoms with E-state index in [0.717, 1.165) is 26.1 Å². The maximum absolute atomic E-state index is 13.0. The summed E-state index contributed by atoms with van der Waals surface area (Å²) >= 11 is 0. The second-order valence-corrected chi connectivity index (χ2v) is 8.15. The third kappa shape index (κ3) is 3.16. The van der Waals surface area contributed by atoms with Crippen molar-refractivity contribution in [3.05, 3.63) is 29.8 Å². The van der Waals surface area contributed by atoms with Gasteiger partial charge in [0.15, 0.2) is 5.78 Å². The molecule has 0 spiro atoms. The van der Waals surface area contributed by atoms with Crippen LogP contribution in [0.15, 0.2) is 24.3 Å². The van der Waals surface area contributed by atoms with E-state index in [0.29, 0.717) is 17.8 Å². The van der Waals surface area contributed by atoms with Crippen LogP contribution in [0.25, 0.3) is 0 Å². The molecule has 1 saturated heterocycles. The lowest BCUT2D eigenvalue weighted by molar-refractivity contribution is -0.125. The molecule has 1 unspecified atom stereocenters. The predicted octanol–water partition coefficient (Wildman–Crippen LogP) is 2.07. The van der Waals surface area contributed by atoms with E-state index in [9.17, 15) is 14.4 Å². The molecule has 2 fully saturated rings. The number of nitrogens with one attached hydrogen (secondary N) is 2. The van der Waals surface area contributed by atoms with Crippen molar-refractivity contribution in [1.29, 1.82) is 0 Å². The largest absolute Gasteiger partial charge is 0.356 e. The van der Waals surface area contributed by atoms with Crippen molar-refractivity contribution in [2.24, 2.45) is 17.3 Å². The average Bonchev–Trinajstić information content (AvgIpc) is 3.34. The Balaban J connectivity index is 1.37. The van der Waals surface area contributed by atoms with Crippen molar-refractivity contribution in [2.45, 2.75) is 32.6 Å². The quantitative estimate of drug-likeness (QED) is 0.779. The summed E-state index contributed by atoms with van der Waals surface area (Å²) in [5, 5.41) is 5.77. The molecule has 0 aromatic heterocycles. The standard InChI is InChI=1S/C21H27N3O3/c1-21-16(19(26)22-10-7-13-24-11-5-2-6-12-24)17(21)20(27)23-15-9-4-3-8-14(15)18(21)25/h3-4,8-9,16-17H,2,5-7,10-13H2,1H3,(H,22,26)(H,23,27)/t16-,17?,21+/m0/s1. The number of benzene rings is 1. The topological polar surface area (TPSA) is 78.5 Å². The number of fused-ring (bicyclic) bond motifs is 2. The van der Waals surface area contributed by atoms with Gasteiger partial charge in [-0.05, 0) is 51.0 Å². The number of carbonyl (C=O) groups is 3. The van der Waals surface area contributed by atoms with Crippen LogP contribution in [-0.2, 0) is 9.59 Å².